The minimum Gasteiger partial charge on any atom is -0.313 e. The molecule has 1 unspecified atom stereocenters. The fraction of sp³-hybridized carbons (Fsp3) is 0.182. The van der Waals surface area contributed by atoms with Crippen molar-refractivity contribution in [2.45, 2.75) is 13.2 Å². The zero-order valence-electron chi connectivity index (χ0n) is 8.09. The van der Waals surface area contributed by atoms with Gasteiger partial charge in [-0.3, -0.25) is 10.7 Å². The molecular weight excluding hydrogens is 174 g/mol. The first-order valence-corrected chi connectivity index (χ1v) is 4.58. The van der Waals surface area contributed by atoms with Crippen molar-refractivity contribution in [2.75, 3.05) is 4.90 Å². The van der Waals surface area contributed by atoms with E-state index in [2.05, 4.69) is 24.0 Å². The van der Waals surface area contributed by atoms with E-state index in [4.69, 9.17) is 5.73 Å². The molecule has 1 aromatic rings. The Labute approximate surface area is 83.6 Å². The summed E-state index contributed by atoms with van der Waals surface area (Å²) in [5.74, 6) is 0. The molecule has 0 radical (unpaired) electrons. The molecule has 0 bridgehead atoms. The van der Waals surface area contributed by atoms with Gasteiger partial charge in [0.05, 0.1) is 0 Å². The second kappa shape index (κ2) is 3.64. The Morgan fingerprint density at radius 2 is 2.29 bits per heavy atom. The van der Waals surface area contributed by atoms with Gasteiger partial charge in [-0.15, -0.1) is 0 Å². The number of nitrogens with zero attached hydrogens (tertiary/aromatic N) is 2. The average molecular weight is 187 g/mol. The molecule has 1 aliphatic rings. The lowest BCUT2D eigenvalue weighted by Gasteiger charge is -2.26. The molecule has 1 atom stereocenters. The van der Waals surface area contributed by atoms with Crippen LogP contribution in [0.25, 0.3) is 0 Å². The third-order valence-electron chi connectivity index (χ3n) is 2.16. The predicted molar refractivity (Wildman–Crippen MR) is 59.3 cm³/mol. The number of nitrogens with two attached hydrogens (primary N) is 1. The van der Waals surface area contributed by atoms with Crippen LogP contribution in [-0.2, 0) is 0 Å². The van der Waals surface area contributed by atoms with Crippen molar-refractivity contribution in [2.24, 2.45) is 10.7 Å². The van der Waals surface area contributed by atoms with Crippen molar-refractivity contribution in [1.82, 2.24) is 0 Å². The highest BCUT2D eigenvalue weighted by Crippen LogP contribution is 2.18. The van der Waals surface area contributed by atoms with Gasteiger partial charge in [0, 0.05) is 18.1 Å². The van der Waals surface area contributed by atoms with Crippen LogP contribution in [0.1, 0.15) is 5.56 Å². The molecule has 0 amide bonds. The third kappa shape index (κ3) is 1.67. The van der Waals surface area contributed by atoms with E-state index in [0.29, 0.717) is 0 Å². The molecule has 0 saturated heterocycles. The van der Waals surface area contributed by atoms with E-state index in [9.17, 15) is 0 Å². The molecule has 3 heteroatoms. The molecule has 2 N–H and O–H groups in total. The number of rotatable bonds is 1. The summed E-state index contributed by atoms with van der Waals surface area (Å²) in [5.41, 5.74) is 8.13. The largest absolute Gasteiger partial charge is 0.313 e. The molecule has 0 fully saturated rings. The van der Waals surface area contributed by atoms with E-state index >= 15 is 0 Å². The van der Waals surface area contributed by atoms with Crippen LogP contribution in [0.5, 0.6) is 0 Å². The van der Waals surface area contributed by atoms with Gasteiger partial charge in [0.2, 0.25) is 0 Å². The second-order valence-electron chi connectivity index (χ2n) is 3.30. The lowest BCUT2D eigenvalue weighted by Crippen LogP contribution is -2.38. The zero-order valence-corrected chi connectivity index (χ0v) is 8.09. The lowest BCUT2D eigenvalue weighted by molar-refractivity contribution is 0.711. The highest BCUT2D eigenvalue weighted by atomic mass is 15.3. The molecular formula is C11H13N3. The average Bonchev–Trinajstić information content (AvgIpc) is 2.18. The number of aryl methyl sites for hydroxylation is 1. The summed E-state index contributed by atoms with van der Waals surface area (Å²) in [7, 11) is 0. The van der Waals surface area contributed by atoms with Crippen LogP contribution < -0.4 is 10.6 Å². The van der Waals surface area contributed by atoms with Gasteiger partial charge in [-0.05, 0) is 30.7 Å². The first-order valence-electron chi connectivity index (χ1n) is 4.58. The predicted octanol–water partition coefficient (Wildman–Crippen LogP) is 1.64. The second-order valence-corrected chi connectivity index (χ2v) is 3.30. The Balaban J connectivity index is 2.31. The van der Waals surface area contributed by atoms with Crippen LogP contribution in [0.4, 0.5) is 5.69 Å². The molecule has 2 rings (SSSR count). The number of hydrogen-bond donors (Lipinski definition) is 1. The van der Waals surface area contributed by atoms with Gasteiger partial charge in [-0.2, -0.15) is 0 Å². The van der Waals surface area contributed by atoms with Crippen LogP contribution in [0, 0.1) is 6.92 Å². The molecule has 1 aliphatic heterocycles. The third-order valence-corrected chi connectivity index (χ3v) is 2.16. The minimum absolute atomic E-state index is 0.304. The summed E-state index contributed by atoms with van der Waals surface area (Å²) >= 11 is 0. The van der Waals surface area contributed by atoms with Gasteiger partial charge < -0.3 is 4.90 Å². The quantitative estimate of drug-likeness (QED) is 0.726. The summed E-state index contributed by atoms with van der Waals surface area (Å²) in [4.78, 5) is 6.05. The molecule has 72 valence electrons. The van der Waals surface area contributed by atoms with Gasteiger partial charge in [-0.1, -0.05) is 12.1 Å². The molecule has 3 nitrogen and oxygen atoms in total. The van der Waals surface area contributed by atoms with Crippen molar-refractivity contribution < 1.29 is 0 Å². The van der Waals surface area contributed by atoms with Crippen molar-refractivity contribution in [3.8, 4) is 0 Å². The number of allylic oxidation sites excluding steroid dienone is 1. The maximum absolute atomic E-state index is 5.84. The van der Waals surface area contributed by atoms with Crippen LogP contribution in [-0.4, -0.2) is 12.5 Å². The normalized spacial score (nSPS) is 20.1. The number of hydrogen-bond acceptors (Lipinski definition) is 3. The summed E-state index contributed by atoms with van der Waals surface area (Å²) in [6.07, 6.45) is 5.23. The van der Waals surface area contributed by atoms with E-state index < -0.39 is 0 Å². The van der Waals surface area contributed by atoms with E-state index in [1.54, 1.807) is 6.21 Å². The van der Waals surface area contributed by atoms with Gasteiger partial charge in [-0.25, -0.2) is 0 Å². The van der Waals surface area contributed by atoms with Crippen molar-refractivity contribution in [3.63, 3.8) is 0 Å². The zero-order chi connectivity index (χ0) is 9.97. The Hall–Kier alpha value is -1.61. The summed E-state index contributed by atoms with van der Waals surface area (Å²) < 4.78 is 0. The van der Waals surface area contributed by atoms with Crippen molar-refractivity contribution in [1.29, 1.82) is 0 Å². The number of aliphatic imine (C=N–C) groups is 1. The molecule has 1 heterocycles. The maximum Gasteiger partial charge on any atom is 0.177 e. The Bertz CT molecular complexity index is 382. The summed E-state index contributed by atoms with van der Waals surface area (Å²) in [6, 6.07) is 8.19. The standard InChI is InChI=1S/C11H13N3/c1-9-4-2-5-10(8-9)14-7-3-6-13-11(14)12/h2-8,11H,12H2,1H3. The first kappa shape index (κ1) is 8.97. The monoisotopic (exact) mass is 187 g/mol. The Morgan fingerprint density at radius 3 is 3.00 bits per heavy atom. The molecule has 1 aromatic carbocycles. The van der Waals surface area contributed by atoms with E-state index in [1.807, 2.05) is 29.3 Å². The van der Waals surface area contributed by atoms with Gasteiger partial charge in [0.15, 0.2) is 6.29 Å². The maximum atomic E-state index is 5.84. The number of benzene rings is 1. The molecule has 0 aliphatic carbocycles. The fourth-order valence-electron chi connectivity index (χ4n) is 1.46. The SMILES string of the molecule is Cc1cccc(N2C=CC=NC2N)c1. The van der Waals surface area contributed by atoms with Crippen molar-refractivity contribution in [3.05, 3.63) is 42.1 Å². The van der Waals surface area contributed by atoms with Gasteiger partial charge in [0.25, 0.3) is 0 Å². The highest BCUT2D eigenvalue weighted by Gasteiger charge is 2.12. The summed E-state index contributed by atoms with van der Waals surface area (Å²) in [6.45, 7) is 2.06. The topological polar surface area (TPSA) is 41.6 Å². The van der Waals surface area contributed by atoms with Crippen LogP contribution >= 0.6 is 0 Å². The van der Waals surface area contributed by atoms with Crippen LogP contribution in [0.2, 0.25) is 0 Å². The van der Waals surface area contributed by atoms with E-state index in [-0.39, 0.29) is 6.29 Å². The van der Waals surface area contributed by atoms with E-state index in [0.717, 1.165) is 5.69 Å². The van der Waals surface area contributed by atoms with Gasteiger partial charge >= 0.3 is 0 Å². The minimum atomic E-state index is -0.304. The molecule has 0 saturated carbocycles. The molecule has 14 heavy (non-hydrogen) atoms. The Morgan fingerprint density at radius 1 is 1.43 bits per heavy atom. The van der Waals surface area contributed by atoms with E-state index in [1.165, 1.54) is 5.56 Å². The lowest BCUT2D eigenvalue weighted by atomic mass is 10.2. The fourth-order valence-corrected chi connectivity index (χ4v) is 1.46. The summed E-state index contributed by atoms with van der Waals surface area (Å²) in [5, 5.41) is 0. The van der Waals surface area contributed by atoms with Gasteiger partial charge in [0.1, 0.15) is 0 Å². The van der Waals surface area contributed by atoms with Crippen molar-refractivity contribution >= 4 is 11.9 Å². The Kier molecular flexibility index (Phi) is 2.33. The van der Waals surface area contributed by atoms with Crippen LogP contribution in [0.3, 0.4) is 0 Å². The number of anilines is 1. The molecule has 0 spiro atoms. The van der Waals surface area contributed by atoms with Crippen LogP contribution in [0.15, 0.2) is 41.5 Å². The molecule has 0 aromatic heterocycles. The highest BCUT2D eigenvalue weighted by molar-refractivity contribution is 5.74. The smallest absolute Gasteiger partial charge is 0.177 e. The first-order chi connectivity index (χ1) is 6.77.